The Labute approximate surface area is 161 Å². The zero-order chi connectivity index (χ0) is 19.3. The van der Waals surface area contributed by atoms with Crippen molar-refractivity contribution < 1.29 is 27.9 Å². The van der Waals surface area contributed by atoms with Crippen LogP contribution in [0, 0.1) is 3.57 Å². The molecule has 0 aliphatic heterocycles. The van der Waals surface area contributed by atoms with Crippen LogP contribution in [0.3, 0.4) is 0 Å². The number of hydrogen-bond acceptors (Lipinski definition) is 2. The molecule has 0 saturated carbocycles. The molecule has 0 bridgehead atoms. The van der Waals surface area contributed by atoms with Crippen molar-refractivity contribution in [2.45, 2.75) is 25.1 Å². The molecule has 0 aliphatic rings. The van der Waals surface area contributed by atoms with Crippen LogP contribution in [0.1, 0.15) is 16.7 Å². The van der Waals surface area contributed by atoms with Gasteiger partial charge in [-0.15, -0.1) is 0 Å². The van der Waals surface area contributed by atoms with Crippen molar-refractivity contribution in [3.8, 4) is 0 Å². The average Bonchev–Trinajstić information content (AvgIpc) is 2.55. The van der Waals surface area contributed by atoms with Gasteiger partial charge in [0.15, 0.2) is 0 Å². The van der Waals surface area contributed by atoms with E-state index in [1.807, 2.05) is 12.1 Å². The molecule has 1 amide bonds. The van der Waals surface area contributed by atoms with E-state index in [-0.39, 0.29) is 18.4 Å². The van der Waals surface area contributed by atoms with Gasteiger partial charge in [0.2, 0.25) is 5.91 Å². The summed E-state index contributed by atoms with van der Waals surface area (Å²) < 4.78 is 39.0. The van der Waals surface area contributed by atoms with E-state index < -0.39 is 29.7 Å². The predicted octanol–water partition coefficient (Wildman–Crippen LogP) is 3.66. The number of carbonyl (C=O) groups is 2. The lowest BCUT2D eigenvalue weighted by molar-refractivity contribution is -0.141. The normalized spacial score (nSPS) is 12.5. The quantitative estimate of drug-likeness (QED) is 0.625. The average molecular weight is 477 g/mol. The smallest absolute Gasteiger partial charge is 0.416 e. The SMILES string of the molecule is O=C(Cc1cccc(C(F)(F)F)c1)N[C@@H](Cc1ccccc1I)C(=O)O. The molecule has 1 atom stereocenters. The summed E-state index contributed by atoms with van der Waals surface area (Å²) in [5, 5.41) is 11.7. The first-order chi connectivity index (χ1) is 12.2. The molecule has 2 rings (SSSR count). The van der Waals surface area contributed by atoms with E-state index in [2.05, 4.69) is 27.9 Å². The summed E-state index contributed by atoms with van der Waals surface area (Å²) in [7, 11) is 0. The van der Waals surface area contributed by atoms with Crippen molar-refractivity contribution in [2.75, 3.05) is 0 Å². The molecule has 0 aliphatic carbocycles. The van der Waals surface area contributed by atoms with Crippen LogP contribution in [0.25, 0.3) is 0 Å². The van der Waals surface area contributed by atoms with Gasteiger partial charge in [-0.05, 0) is 45.9 Å². The van der Waals surface area contributed by atoms with Crippen molar-refractivity contribution in [1.29, 1.82) is 0 Å². The van der Waals surface area contributed by atoms with Gasteiger partial charge in [0, 0.05) is 9.99 Å². The molecular formula is C18H15F3INO3. The van der Waals surface area contributed by atoms with Gasteiger partial charge in [0.05, 0.1) is 12.0 Å². The molecule has 0 fully saturated rings. The summed E-state index contributed by atoms with van der Waals surface area (Å²) in [4.78, 5) is 23.5. The second kappa shape index (κ2) is 8.52. The van der Waals surface area contributed by atoms with E-state index in [4.69, 9.17) is 0 Å². The second-order valence-electron chi connectivity index (χ2n) is 5.63. The number of carboxylic acid groups (broad SMARTS) is 1. The lowest BCUT2D eigenvalue weighted by atomic mass is 10.0. The zero-order valence-electron chi connectivity index (χ0n) is 13.4. The molecule has 2 aromatic rings. The molecule has 26 heavy (non-hydrogen) atoms. The van der Waals surface area contributed by atoms with Crippen molar-refractivity contribution in [3.63, 3.8) is 0 Å². The maximum Gasteiger partial charge on any atom is 0.416 e. The van der Waals surface area contributed by atoms with Crippen LogP contribution in [-0.2, 0) is 28.6 Å². The first-order valence-electron chi connectivity index (χ1n) is 7.58. The molecule has 4 nitrogen and oxygen atoms in total. The third-order valence-corrected chi connectivity index (χ3v) is 4.69. The third-order valence-electron chi connectivity index (χ3n) is 3.63. The first kappa shape index (κ1) is 20.2. The Bertz CT molecular complexity index is 808. The molecule has 0 spiro atoms. The number of halogens is 4. The fourth-order valence-electron chi connectivity index (χ4n) is 2.37. The monoisotopic (exact) mass is 477 g/mol. The maximum absolute atomic E-state index is 12.7. The summed E-state index contributed by atoms with van der Waals surface area (Å²) in [6.07, 6.45) is -4.75. The highest BCUT2D eigenvalue weighted by Crippen LogP contribution is 2.29. The fraction of sp³-hybridized carbons (Fsp3) is 0.222. The van der Waals surface area contributed by atoms with Gasteiger partial charge in [0.25, 0.3) is 0 Å². The van der Waals surface area contributed by atoms with Gasteiger partial charge in [0.1, 0.15) is 6.04 Å². The number of hydrogen-bond donors (Lipinski definition) is 2. The minimum atomic E-state index is -4.50. The summed E-state index contributed by atoms with van der Waals surface area (Å²) in [6.45, 7) is 0. The third kappa shape index (κ3) is 5.72. The van der Waals surface area contributed by atoms with Crippen LogP contribution < -0.4 is 5.32 Å². The molecule has 2 N–H and O–H groups in total. The Balaban J connectivity index is 2.07. The van der Waals surface area contributed by atoms with E-state index in [1.165, 1.54) is 12.1 Å². The largest absolute Gasteiger partial charge is 0.480 e. The van der Waals surface area contributed by atoms with E-state index in [0.717, 1.165) is 21.3 Å². The Morgan fingerprint density at radius 3 is 2.42 bits per heavy atom. The van der Waals surface area contributed by atoms with Crippen molar-refractivity contribution in [2.24, 2.45) is 0 Å². The van der Waals surface area contributed by atoms with Gasteiger partial charge < -0.3 is 10.4 Å². The summed E-state index contributed by atoms with van der Waals surface area (Å²) in [5.41, 5.74) is 0.0760. The van der Waals surface area contributed by atoms with Crippen LogP contribution in [0.15, 0.2) is 48.5 Å². The summed E-state index contributed by atoms with van der Waals surface area (Å²) in [5.74, 6) is -1.86. The topological polar surface area (TPSA) is 66.4 Å². The van der Waals surface area contributed by atoms with E-state index in [1.54, 1.807) is 12.1 Å². The van der Waals surface area contributed by atoms with Gasteiger partial charge in [-0.2, -0.15) is 13.2 Å². The molecule has 138 valence electrons. The number of amides is 1. The Morgan fingerprint density at radius 2 is 1.81 bits per heavy atom. The van der Waals surface area contributed by atoms with Crippen molar-refractivity contribution in [1.82, 2.24) is 5.32 Å². The summed E-state index contributed by atoms with van der Waals surface area (Å²) in [6, 6.07) is 10.4. The van der Waals surface area contributed by atoms with Gasteiger partial charge in [-0.1, -0.05) is 36.4 Å². The fourth-order valence-corrected chi connectivity index (χ4v) is 2.98. The molecule has 2 aromatic carbocycles. The van der Waals surface area contributed by atoms with Crippen LogP contribution in [0.2, 0.25) is 0 Å². The number of alkyl halides is 3. The van der Waals surface area contributed by atoms with Gasteiger partial charge in [-0.3, -0.25) is 4.79 Å². The molecule has 0 heterocycles. The number of aliphatic carboxylic acids is 1. The molecule has 8 heteroatoms. The second-order valence-corrected chi connectivity index (χ2v) is 6.79. The minimum Gasteiger partial charge on any atom is -0.480 e. The van der Waals surface area contributed by atoms with Crippen LogP contribution >= 0.6 is 22.6 Å². The van der Waals surface area contributed by atoms with Gasteiger partial charge in [-0.25, -0.2) is 4.79 Å². The number of carbonyl (C=O) groups excluding carboxylic acids is 1. The number of rotatable bonds is 6. The van der Waals surface area contributed by atoms with Crippen LogP contribution in [-0.4, -0.2) is 23.0 Å². The summed E-state index contributed by atoms with van der Waals surface area (Å²) >= 11 is 2.07. The number of benzene rings is 2. The standard InChI is InChI=1S/C18H15F3INO3/c19-18(20,21)13-6-3-4-11(8-13)9-16(24)23-15(17(25)26)10-12-5-1-2-7-14(12)22/h1-8,15H,9-10H2,(H,23,24)(H,25,26)/t15-/m0/s1. The van der Waals surface area contributed by atoms with Crippen molar-refractivity contribution >= 4 is 34.5 Å². The highest BCUT2D eigenvalue weighted by Gasteiger charge is 2.30. The molecule has 0 saturated heterocycles. The minimum absolute atomic E-state index is 0.0861. The number of nitrogens with one attached hydrogen (secondary N) is 1. The molecule has 0 aromatic heterocycles. The van der Waals surface area contributed by atoms with Gasteiger partial charge >= 0.3 is 12.1 Å². The maximum atomic E-state index is 12.7. The van der Waals surface area contributed by atoms with Crippen LogP contribution in [0.4, 0.5) is 13.2 Å². The lowest BCUT2D eigenvalue weighted by Crippen LogP contribution is -2.43. The molecule has 0 radical (unpaired) electrons. The molecular weight excluding hydrogens is 462 g/mol. The first-order valence-corrected chi connectivity index (χ1v) is 8.66. The Hall–Kier alpha value is -2.10. The van der Waals surface area contributed by atoms with E-state index in [0.29, 0.717) is 0 Å². The Morgan fingerprint density at radius 1 is 1.12 bits per heavy atom. The Kier molecular flexibility index (Phi) is 6.63. The zero-order valence-corrected chi connectivity index (χ0v) is 15.5. The predicted molar refractivity (Wildman–Crippen MR) is 97.6 cm³/mol. The molecule has 0 unspecified atom stereocenters. The van der Waals surface area contributed by atoms with Crippen molar-refractivity contribution in [3.05, 3.63) is 68.8 Å². The highest BCUT2D eigenvalue weighted by atomic mass is 127. The van der Waals surface area contributed by atoms with E-state index >= 15 is 0 Å². The van der Waals surface area contributed by atoms with E-state index in [9.17, 15) is 27.9 Å². The van der Waals surface area contributed by atoms with Crippen LogP contribution in [0.5, 0.6) is 0 Å². The lowest BCUT2D eigenvalue weighted by Gasteiger charge is -2.16. The number of carboxylic acids is 1. The highest BCUT2D eigenvalue weighted by molar-refractivity contribution is 14.1.